The lowest BCUT2D eigenvalue weighted by molar-refractivity contribution is -0.141. The van der Waals surface area contributed by atoms with Crippen LogP contribution in [0.5, 0.6) is 0 Å². The summed E-state index contributed by atoms with van der Waals surface area (Å²) in [6.45, 7) is 2.15. The Labute approximate surface area is 205 Å². The molecule has 1 atom stereocenters. The molecule has 0 bridgehead atoms. The van der Waals surface area contributed by atoms with Crippen LogP contribution in [0.3, 0.4) is 0 Å². The summed E-state index contributed by atoms with van der Waals surface area (Å²) >= 11 is 14.4. The number of carbonyl (C=O) groups is 2. The number of hydrogen-bond donors (Lipinski definition) is 1. The molecule has 172 valence electrons. The lowest BCUT2D eigenvalue weighted by atomic mass is 10.1. The Morgan fingerprint density at radius 3 is 2.34 bits per heavy atom. The van der Waals surface area contributed by atoms with Gasteiger partial charge < -0.3 is 10.2 Å². The molecule has 0 radical (unpaired) electrons. The van der Waals surface area contributed by atoms with Crippen LogP contribution in [0.1, 0.15) is 51.0 Å². The van der Waals surface area contributed by atoms with Crippen LogP contribution < -0.4 is 5.32 Å². The highest BCUT2D eigenvalue weighted by atomic mass is 35.5. The first-order valence-corrected chi connectivity index (χ1v) is 12.9. The highest BCUT2D eigenvalue weighted by molar-refractivity contribution is 7.99. The zero-order valence-corrected chi connectivity index (χ0v) is 20.7. The molecule has 0 aromatic heterocycles. The molecule has 7 heteroatoms. The fourth-order valence-corrected chi connectivity index (χ4v) is 5.44. The van der Waals surface area contributed by atoms with E-state index in [2.05, 4.69) is 5.32 Å². The van der Waals surface area contributed by atoms with Crippen molar-refractivity contribution in [2.75, 3.05) is 5.75 Å². The Morgan fingerprint density at radius 2 is 1.72 bits per heavy atom. The largest absolute Gasteiger partial charge is 0.352 e. The van der Waals surface area contributed by atoms with Crippen molar-refractivity contribution in [3.8, 4) is 0 Å². The predicted molar refractivity (Wildman–Crippen MR) is 133 cm³/mol. The molecule has 2 amide bonds. The highest BCUT2D eigenvalue weighted by Crippen LogP contribution is 2.28. The third kappa shape index (κ3) is 6.90. The van der Waals surface area contributed by atoms with Gasteiger partial charge in [-0.3, -0.25) is 9.59 Å². The van der Waals surface area contributed by atoms with Crippen LogP contribution in [0.15, 0.2) is 53.4 Å². The Morgan fingerprint density at radius 1 is 1.06 bits per heavy atom. The van der Waals surface area contributed by atoms with E-state index in [0.717, 1.165) is 30.6 Å². The Hall–Kier alpha value is -1.69. The molecule has 1 aliphatic carbocycles. The average Bonchev–Trinajstić information content (AvgIpc) is 3.29. The molecule has 1 saturated carbocycles. The predicted octanol–water partition coefficient (Wildman–Crippen LogP) is 6.34. The summed E-state index contributed by atoms with van der Waals surface area (Å²) in [5, 5.41) is 4.16. The molecule has 0 unspecified atom stereocenters. The van der Waals surface area contributed by atoms with Crippen LogP contribution in [0, 0.1) is 0 Å². The smallest absolute Gasteiger partial charge is 0.243 e. The minimum Gasteiger partial charge on any atom is -0.352 e. The Kier molecular flexibility index (Phi) is 9.76. The Balaban J connectivity index is 1.75. The van der Waals surface area contributed by atoms with E-state index in [-0.39, 0.29) is 24.4 Å². The van der Waals surface area contributed by atoms with Crippen molar-refractivity contribution in [1.29, 1.82) is 0 Å². The van der Waals surface area contributed by atoms with Gasteiger partial charge in [-0.25, -0.2) is 0 Å². The number of nitrogens with zero attached hydrogens (tertiary/aromatic N) is 1. The maximum Gasteiger partial charge on any atom is 0.243 e. The summed E-state index contributed by atoms with van der Waals surface area (Å²) in [7, 11) is 0. The summed E-state index contributed by atoms with van der Waals surface area (Å²) in [6, 6.07) is 14.9. The van der Waals surface area contributed by atoms with Gasteiger partial charge in [-0.2, -0.15) is 0 Å². The third-order valence-electron chi connectivity index (χ3n) is 5.81. The van der Waals surface area contributed by atoms with Gasteiger partial charge >= 0.3 is 0 Å². The molecule has 0 heterocycles. The lowest BCUT2D eigenvalue weighted by Crippen LogP contribution is -2.51. The monoisotopic (exact) mass is 492 g/mol. The summed E-state index contributed by atoms with van der Waals surface area (Å²) < 4.78 is 0. The van der Waals surface area contributed by atoms with Crippen LogP contribution in [0.2, 0.25) is 10.0 Å². The van der Waals surface area contributed by atoms with Gasteiger partial charge in [0.15, 0.2) is 0 Å². The average molecular weight is 494 g/mol. The van der Waals surface area contributed by atoms with Crippen LogP contribution in [-0.4, -0.2) is 34.6 Å². The second-order valence-electron chi connectivity index (χ2n) is 8.05. The summed E-state index contributed by atoms with van der Waals surface area (Å²) in [5.74, 6) is 0.473. The van der Waals surface area contributed by atoms with Gasteiger partial charge in [0, 0.05) is 45.3 Å². The van der Waals surface area contributed by atoms with Crippen molar-refractivity contribution < 1.29 is 9.59 Å². The first kappa shape index (κ1) is 24.9. The fraction of sp³-hybridized carbons (Fsp3) is 0.440. The van der Waals surface area contributed by atoms with Crippen molar-refractivity contribution >= 4 is 46.8 Å². The van der Waals surface area contributed by atoms with E-state index >= 15 is 0 Å². The molecule has 4 nitrogen and oxygen atoms in total. The minimum atomic E-state index is -0.558. The third-order valence-corrected chi connectivity index (χ3v) is 7.53. The number of thioether (sulfide) groups is 1. The molecule has 1 N–H and O–H groups in total. The van der Waals surface area contributed by atoms with E-state index < -0.39 is 6.04 Å². The maximum atomic E-state index is 13.3. The van der Waals surface area contributed by atoms with Gasteiger partial charge in [0.25, 0.3) is 0 Å². The highest BCUT2D eigenvalue weighted by Gasteiger charge is 2.31. The van der Waals surface area contributed by atoms with Gasteiger partial charge in [0.05, 0.1) is 0 Å². The SMILES string of the molecule is CC[C@H](C(=O)NC1CCCC1)N(Cc1c(Cl)cccc1Cl)C(=O)CCSc1ccccc1. The molecule has 32 heavy (non-hydrogen) atoms. The zero-order chi connectivity index (χ0) is 22.9. The first-order chi connectivity index (χ1) is 15.5. The van der Waals surface area contributed by atoms with Crippen molar-refractivity contribution in [3.63, 3.8) is 0 Å². The summed E-state index contributed by atoms with van der Waals surface area (Å²) in [4.78, 5) is 29.3. The van der Waals surface area contributed by atoms with Crippen molar-refractivity contribution in [2.45, 2.75) is 69.0 Å². The number of halogens is 2. The number of carbonyl (C=O) groups excluding carboxylic acids is 2. The molecule has 1 fully saturated rings. The Bertz CT molecular complexity index is 884. The molecule has 0 aliphatic heterocycles. The molecular formula is C25H30Cl2N2O2S. The molecular weight excluding hydrogens is 463 g/mol. The normalized spacial score (nSPS) is 14.8. The molecule has 2 aromatic rings. The van der Waals surface area contributed by atoms with Crippen molar-refractivity contribution in [1.82, 2.24) is 10.2 Å². The molecule has 0 saturated heterocycles. The zero-order valence-electron chi connectivity index (χ0n) is 18.4. The van der Waals surface area contributed by atoms with Crippen LogP contribution in [0.25, 0.3) is 0 Å². The van der Waals surface area contributed by atoms with Crippen LogP contribution in [0.4, 0.5) is 0 Å². The van der Waals surface area contributed by atoms with E-state index in [1.807, 2.05) is 37.3 Å². The molecule has 2 aromatic carbocycles. The van der Waals surface area contributed by atoms with Crippen LogP contribution >= 0.6 is 35.0 Å². The molecule has 0 spiro atoms. The number of rotatable bonds is 10. The standard InChI is InChI=1S/C25H30Cl2N2O2S/c1-2-23(25(31)28-18-9-6-7-10-18)29(17-20-21(26)13-8-14-22(20)27)24(30)15-16-32-19-11-4-3-5-12-19/h3-5,8,11-14,18,23H,2,6-7,9-10,15-17H2,1H3,(H,28,31)/t23-/m1/s1. The van der Waals surface area contributed by atoms with Crippen molar-refractivity contribution in [3.05, 3.63) is 64.1 Å². The van der Waals surface area contributed by atoms with Gasteiger partial charge in [0.1, 0.15) is 6.04 Å². The van der Waals surface area contributed by atoms with E-state index in [9.17, 15) is 9.59 Å². The van der Waals surface area contributed by atoms with E-state index in [4.69, 9.17) is 23.2 Å². The van der Waals surface area contributed by atoms with E-state index in [1.54, 1.807) is 34.9 Å². The van der Waals surface area contributed by atoms with Gasteiger partial charge in [-0.1, -0.05) is 67.2 Å². The minimum absolute atomic E-state index is 0.0714. The first-order valence-electron chi connectivity index (χ1n) is 11.2. The fourth-order valence-electron chi connectivity index (χ4n) is 4.06. The number of benzene rings is 2. The van der Waals surface area contributed by atoms with Gasteiger partial charge in [-0.15, -0.1) is 11.8 Å². The summed E-state index contributed by atoms with van der Waals surface area (Å²) in [5.41, 5.74) is 0.673. The second kappa shape index (κ2) is 12.5. The molecule has 1 aliphatic rings. The molecule has 3 rings (SSSR count). The quantitative estimate of drug-likeness (QED) is 0.393. The number of nitrogens with one attached hydrogen (secondary N) is 1. The maximum absolute atomic E-state index is 13.3. The number of hydrogen-bond acceptors (Lipinski definition) is 3. The lowest BCUT2D eigenvalue weighted by Gasteiger charge is -2.32. The topological polar surface area (TPSA) is 49.4 Å². The van der Waals surface area contributed by atoms with Crippen LogP contribution in [-0.2, 0) is 16.1 Å². The van der Waals surface area contributed by atoms with Gasteiger partial charge in [0.2, 0.25) is 11.8 Å². The summed E-state index contributed by atoms with van der Waals surface area (Å²) in [6.07, 6.45) is 5.13. The number of amides is 2. The van der Waals surface area contributed by atoms with Gasteiger partial charge in [-0.05, 0) is 43.5 Å². The van der Waals surface area contributed by atoms with E-state index in [0.29, 0.717) is 34.2 Å². The van der Waals surface area contributed by atoms with E-state index in [1.165, 1.54) is 0 Å². The van der Waals surface area contributed by atoms with Crippen molar-refractivity contribution in [2.24, 2.45) is 0 Å². The second-order valence-corrected chi connectivity index (χ2v) is 10.0.